The molecule has 45 heavy (non-hydrogen) atoms. The zero-order valence-corrected chi connectivity index (χ0v) is 27.6. The number of imidazole rings is 2. The van der Waals surface area contributed by atoms with E-state index in [9.17, 15) is 9.59 Å². The first-order valence-electron chi connectivity index (χ1n) is 15.6. The van der Waals surface area contributed by atoms with E-state index in [-0.39, 0.29) is 11.8 Å². The van der Waals surface area contributed by atoms with Crippen LogP contribution in [0.15, 0.2) is 36.4 Å². The zero-order chi connectivity index (χ0) is 32.0. The standard InChI is InChI=1S/C34H41ClN8O2/c1-7-42-16-14-28-26(18-42)36-32(40(28)5)34(45)39-25-13-9-11-23(30(25)35)22-10-8-12-24(21(22)4)38-33(44)31-37-27-19-43(20(2)3)17-15-29(27)41(31)6/h8-13,20H,7,14-19H2,1-6H3,(H,38,44)(H,39,45). The summed E-state index contributed by atoms with van der Waals surface area (Å²) in [6.07, 6.45) is 1.73. The summed E-state index contributed by atoms with van der Waals surface area (Å²) in [5.74, 6) is 0.209. The molecule has 4 heterocycles. The summed E-state index contributed by atoms with van der Waals surface area (Å²) in [5.41, 5.74) is 7.77. The molecule has 2 amide bonds. The summed E-state index contributed by atoms with van der Waals surface area (Å²) in [5, 5.41) is 6.49. The van der Waals surface area contributed by atoms with E-state index in [2.05, 4.69) is 46.2 Å². The van der Waals surface area contributed by atoms with E-state index in [0.29, 0.717) is 34.1 Å². The van der Waals surface area contributed by atoms with Crippen molar-refractivity contribution < 1.29 is 9.59 Å². The summed E-state index contributed by atoms with van der Waals surface area (Å²) >= 11 is 6.94. The molecule has 0 bridgehead atoms. The van der Waals surface area contributed by atoms with Gasteiger partial charge in [0.25, 0.3) is 11.8 Å². The fraction of sp³-hybridized carbons (Fsp3) is 0.412. The van der Waals surface area contributed by atoms with Crippen LogP contribution in [0, 0.1) is 6.92 Å². The van der Waals surface area contributed by atoms with Crippen molar-refractivity contribution in [2.75, 3.05) is 30.3 Å². The van der Waals surface area contributed by atoms with Crippen molar-refractivity contribution in [2.24, 2.45) is 14.1 Å². The number of fused-ring (bicyclic) bond motifs is 2. The second-order valence-electron chi connectivity index (χ2n) is 12.3. The van der Waals surface area contributed by atoms with Gasteiger partial charge in [-0.1, -0.05) is 42.8 Å². The Bertz CT molecular complexity index is 1790. The van der Waals surface area contributed by atoms with Gasteiger partial charge >= 0.3 is 0 Å². The number of benzene rings is 2. The predicted molar refractivity (Wildman–Crippen MR) is 178 cm³/mol. The average Bonchev–Trinajstić information content (AvgIpc) is 3.54. The lowest BCUT2D eigenvalue weighted by atomic mass is 9.98. The van der Waals surface area contributed by atoms with Gasteiger partial charge in [0, 0.05) is 81.8 Å². The van der Waals surface area contributed by atoms with Crippen molar-refractivity contribution in [1.82, 2.24) is 28.9 Å². The Kier molecular flexibility index (Phi) is 8.56. The molecule has 2 aliphatic rings. The molecule has 0 atom stereocenters. The topological polar surface area (TPSA) is 100 Å². The van der Waals surface area contributed by atoms with E-state index < -0.39 is 0 Å². The summed E-state index contributed by atoms with van der Waals surface area (Å²) in [7, 11) is 3.80. The van der Waals surface area contributed by atoms with Crippen LogP contribution in [0.25, 0.3) is 11.1 Å². The molecule has 0 aliphatic carbocycles. The Balaban J connectivity index is 1.22. The number of likely N-dealkylation sites (N-methyl/N-ethyl adjacent to an activating group) is 1. The van der Waals surface area contributed by atoms with Crippen LogP contribution in [-0.2, 0) is 40.0 Å². The van der Waals surface area contributed by atoms with Crippen molar-refractivity contribution >= 4 is 34.8 Å². The first-order valence-corrected chi connectivity index (χ1v) is 16.0. The van der Waals surface area contributed by atoms with E-state index in [1.54, 1.807) is 6.07 Å². The molecule has 11 heteroatoms. The van der Waals surface area contributed by atoms with Gasteiger partial charge in [0.15, 0.2) is 11.6 Å². The van der Waals surface area contributed by atoms with Gasteiger partial charge in [0.2, 0.25) is 0 Å². The Labute approximate surface area is 269 Å². The first-order chi connectivity index (χ1) is 21.6. The van der Waals surface area contributed by atoms with Crippen LogP contribution < -0.4 is 10.6 Å². The quantitative estimate of drug-likeness (QED) is 0.283. The van der Waals surface area contributed by atoms with Gasteiger partial charge in [-0.3, -0.25) is 19.4 Å². The number of anilines is 2. The third kappa shape index (κ3) is 5.78. The van der Waals surface area contributed by atoms with E-state index >= 15 is 0 Å². The third-order valence-electron chi connectivity index (χ3n) is 9.32. The molecular formula is C34H41ClN8O2. The maximum absolute atomic E-state index is 13.5. The monoisotopic (exact) mass is 628 g/mol. The number of nitrogens with one attached hydrogen (secondary N) is 2. The van der Waals surface area contributed by atoms with E-state index in [1.165, 1.54) is 0 Å². The number of nitrogens with zero attached hydrogens (tertiary/aromatic N) is 6. The third-order valence-corrected chi connectivity index (χ3v) is 9.73. The summed E-state index contributed by atoms with van der Waals surface area (Å²) < 4.78 is 3.81. The lowest BCUT2D eigenvalue weighted by Gasteiger charge is -2.29. The molecule has 0 saturated heterocycles. The van der Waals surface area contributed by atoms with Crippen molar-refractivity contribution in [2.45, 2.75) is 59.7 Å². The molecule has 2 N–H and O–H groups in total. The van der Waals surface area contributed by atoms with Crippen molar-refractivity contribution in [3.63, 3.8) is 0 Å². The number of rotatable bonds is 7. The predicted octanol–water partition coefficient (Wildman–Crippen LogP) is 5.43. The Morgan fingerprint density at radius 1 is 0.844 bits per heavy atom. The summed E-state index contributed by atoms with van der Waals surface area (Å²) in [6.45, 7) is 12.8. The molecule has 2 aromatic heterocycles. The van der Waals surface area contributed by atoms with Gasteiger partial charge in [0.05, 0.1) is 22.1 Å². The van der Waals surface area contributed by atoms with Gasteiger partial charge in [-0.25, -0.2) is 9.97 Å². The molecule has 6 rings (SSSR count). The SMILES string of the molecule is CCN1CCc2c(nc(C(=O)Nc3cccc(-c4cccc(NC(=O)c5nc6c(n5C)CCN(C(C)C)C6)c4C)c3Cl)n2C)C1. The van der Waals surface area contributed by atoms with Gasteiger partial charge in [-0.2, -0.15) is 0 Å². The number of carbonyl (C=O) groups excluding carboxylic acids is 2. The normalized spacial score (nSPS) is 15.2. The van der Waals surface area contributed by atoms with Gasteiger partial charge in [-0.05, 0) is 50.6 Å². The van der Waals surface area contributed by atoms with Gasteiger partial charge in [0.1, 0.15) is 0 Å². The first kappa shape index (κ1) is 31.0. The Hall–Kier alpha value is -3.99. The largest absolute Gasteiger partial charge is 0.327 e. The fourth-order valence-electron chi connectivity index (χ4n) is 6.50. The minimum absolute atomic E-state index is 0.254. The number of halogens is 1. The van der Waals surface area contributed by atoms with Crippen LogP contribution >= 0.6 is 11.6 Å². The molecule has 4 aromatic rings. The lowest BCUT2D eigenvalue weighted by molar-refractivity contribution is 0.100. The van der Waals surface area contributed by atoms with Crippen LogP contribution in [0.4, 0.5) is 11.4 Å². The highest BCUT2D eigenvalue weighted by Crippen LogP contribution is 2.38. The Morgan fingerprint density at radius 3 is 2.02 bits per heavy atom. The van der Waals surface area contributed by atoms with E-state index in [4.69, 9.17) is 16.6 Å². The lowest BCUT2D eigenvalue weighted by Crippen LogP contribution is -2.36. The molecule has 0 unspecified atom stereocenters. The molecule has 0 fully saturated rings. The number of amides is 2. The molecule has 10 nitrogen and oxygen atoms in total. The molecule has 0 spiro atoms. The minimum Gasteiger partial charge on any atom is -0.327 e. The van der Waals surface area contributed by atoms with Gasteiger partial charge < -0.3 is 19.8 Å². The maximum atomic E-state index is 13.5. The van der Waals surface area contributed by atoms with Crippen LogP contribution in [-0.4, -0.2) is 66.4 Å². The van der Waals surface area contributed by atoms with Crippen molar-refractivity contribution in [3.05, 3.63) is 81.4 Å². The van der Waals surface area contributed by atoms with Crippen LogP contribution in [0.3, 0.4) is 0 Å². The van der Waals surface area contributed by atoms with Crippen LogP contribution in [0.5, 0.6) is 0 Å². The summed E-state index contributed by atoms with van der Waals surface area (Å²) in [4.78, 5) is 41.0. The van der Waals surface area contributed by atoms with E-state index in [0.717, 1.165) is 85.0 Å². The van der Waals surface area contributed by atoms with Gasteiger partial charge in [-0.15, -0.1) is 0 Å². The number of hydrogen-bond acceptors (Lipinski definition) is 6. The summed E-state index contributed by atoms with van der Waals surface area (Å²) in [6, 6.07) is 11.7. The highest BCUT2D eigenvalue weighted by molar-refractivity contribution is 6.36. The molecule has 2 aromatic carbocycles. The molecule has 2 aliphatic heterocycles. The fourth-order valence-corrected chi connectivity index (χ4v) is 6.78. The zero-order valence-electron chi connectivity index (χ0n) is 26.9. The number of hydrogen-bond donors (Lipinski definition) is 2. The van der Waals surface area contributed by atoms with E-state index in [1.807, 2.05) is 60.5 Å². The number of carbonyl (C=O) groups is 2. The number of aromatic nitrogens is 4. The smallest absolute Gasteiger partial charge is 0.291 e. The highest BCUT2D eigenvalue weighted by atomic mass is 35.5. The molecule has 0 radical (unpaired) electrons. The second kappa shape index (κ2) is 12.4. The average molecular weight is 629 g/mol. The van der Waals surface area contributed by atoms with Crippen LogP contribution in [0.2, 0.25) is 5.02 Å². The maximum Gasteiger partial charge on any atom is 0.291 e. The highest BCUT2D eigenvalue weighted by Gasteiger charge is 2.28. The van der Waals surface area contributed by atoms with Crippen molar-refractivity contribution in [3.8, 4) is 11.1 Å². The minimum atomic E-state index is -0.305. The second-order valence-corrected chi connectivity index (χ2v) is 12.6. The molecule has 236 valence electrons. The molecular weight excluding hydrogens is 588 g/mol. The van der Waals surface area contributed by atoms with Crippen molar-refractivity contribution in [1.29, 1.82) is 0 Å². The van der Waals surface area contributed by atoms with Crippen LogP contribution in [0.1, 0.15) is 70.3 Å². The Morgan fingerprint density at radius 2 is 1.40 bits per heavy atom. The molecule has 0 saturated carbocycles.